The summed E-state index contributed by atoms with van der Waals surface area (Å²) in [4.78, 5) is 19.2. The van der Waals surface area contributed by atoms with Crippen molar-refractivity contribution in [3.8, 4) is 5.75 Å². The molecule has 4 rings (SSSR count). The number of anilines is 1. The molecule has 0 atom stereocenters. The molecule has 118 valence electrons. The second kappa shape index (κ2) is 4.44. The highest BCUT2D eigenvalue weighted by molar-refractivity contribution is 6.09. The van der Waals surface area contributed by atoms with Crippen LogP contribution in [0.2, 0.25) is 0 Å². The Labute approximate surface area is 130 Å². The van der Waals surface area contributed by atoms with Crippen LogP contribution in [0, 0.1) is 0 Å². The second-order valence-corrected chi connectivity index (χ2v) is 7.21. The Balaban J connectivity index is 1.67. The molecule has 2 heterocycles. The predicted molar refractivity (Wildman–Crippen MR) is 82.1 cm³/mol. The van der Waals surface area contributed by atoms with Crippen LogP contribution < -0.4 is 9.64 Å². The fraction of sp³-hybridized carbons (Fsp3) is 0.647. The highest BCUT2D eigenvalue weighted by Crippen LogP contribution is 2.59. The van der Waals surface area contributed by atoms with Gasteiger partial charge in [-0.3, -0.25) is 9.69 Å². The number of aromatic nitrogens is 1. The van der Waals surface area contributed by atoms with Gasteiger partial charge in [0.1, 0.15) is 11.6 Å². The van der Waals surface area contributed by atoms with E-state index in [0.717, 1.165) is 36.4 Å². The summed E-state index contributed by atoms with van der Waals surface area (Å²) >= 11 is 0. The van der Waals surface area contributed by atoms with E-state index in [4.69, 9.17) is 4.74 Å². The first kappa shape index (κ1) is 14.0. The molecular formula is C17H22N2O3. The number of pyridine rings is 1. The maximum Gasteiger partial charge on any atom is 0.239 e. The van der Waals surface area contributed by atoms with Crippen molar-refractivity contribution in [1.82, 2.24) is 4.98 Å². The molecule has 2 saturated carbocycles. The molecule has 1 aromatic rings. The fourth-order valence-corrected chi connectivity index (χ4v) is 3.81. The minimum atomic E-state index is -0.644. The van der Waals surface area contributed by atoms with Crippen LogP contribution >= 0.6 is 0 Å². The number of nitrogens with zero attached hydrogens (tertiary/aromatic N) is 2. The Kier molecular flexibility index (Phi) is 2.83. The third-order valence-corrected chi connectivity index (χ3v) is 5.15. The van der Waals surface area contributed by atoms with Gasteiger partial charge in [0, 0.05) is 11.6 Å². The lowest BCUT2D eigenvalue weighted by molar-refractivity contribution is -0.122. The third kappa shape index (κ3) is 1.88. The van der Waals surface area contributed by atoms with E-state index >= 15 is 0 Å². The summed E-state index contributed by atoms with van der Waals surface area (Å²) in [5.41, 5.74) is 0.0295. The van der Waals surface area contributed by atoms with Gasteiger partial charge in [-0.15, -0.1) is 0 Å². The standard InChI is InChI=1S/C17H22N2O3/c1-3-6-22-12-7-13-14(18-10-12)19(11-8-16(2,21)9-11)15(20)17(13)4-5-17/h7,10-11,21H,3-6,8-9H2,1-2H3. The van der Waals surface area contributed by atoms with Gasteiger partial charge in [-0.2, -0.15) is 0 Å². The molecule has 1 N–H and O–H groups in total. The Bertz CT molecular complexity index is 629. The van der Waals surface area contributed by atoms with Crippen molar-refractivity contribution in [3.63, 3.8) is 0 Å². The van der Waals surface area contributed by atoms with Gasteiger partial charge in [0.15, 0.2) is 0 Å². The summed E-state index contributed by atoms with van der Waals surface area (Å²) < 4.78 is 5.67. The van der Waals surface area contributed by atoms with Crippen LogP contribution in [0.3, 0.4) is 0 Å². The zero-order chi connectivity index (χ0) is 15.5. The van der Waals surface area contributed by atoms with Crippen molar-refractivity contribution in [2.75, 3.05) is 11.5 Å². The highest BCUT2D eigenvalue weighted by atomic mass is 16.5. The predicted octanol–water partition coefficient (Wildman–Crippen LogP) is 2.16. The first-order valence-corrected chi connectivity index (χ1v) is 8.16. The number of hydrogen-bond donors (Lipinski definition) is 1. The molecule has 1 spiro atoms. The zero-order valence-electron chi connectivity index (χ0n) is 13.1. The van der Waals surface area contributed by atoms with E-state index in [-0.39, 0.29) is 17.4 Å². The number of rotatable bonds is 4. The molecule has 1 amide bonds. The van der Waals surface area contributed by atoms with Gasteiger partial charge in [0.2, 0.25) is 5.91 Å². The van der Waals surface area contributed by atoms with E-state index in [2.05, 4.69) is 11.9 Å². The number of ether oxygens (including phenoxy) is 1. The quantitative estimate of drug-likeness (QED) is 0.926. The number of aliphatic hydroxyl groups is 1. The maximum absolute atomic E-state index is 12.9. The van der Waals surface area contributed by atoms with Crippen LogP contribution in [-0.2, 0) is 10.2 Å². The molecule has 2 aliphatic carbocycles. The van der Waals surface area contributed by atoms with Crippen LogP contribution in [0.25, 0.3) is 0 Å². The summed E-state index contributed by atoms with van der Waals surface area (Å²) in [6.07, 6.45) is 5.72. The third-order valence-electron chi connectivity index (χ3n) is 5.15. The zero-order valence-corrected chi connectivity index (χ0v) is 13.1. The van der Waals surface area contributed by atoms with E-state index in [9.17, 15) is 9.90 Å². The normalized spacial score (nSPS) is 31.1. The van der Waals surface area contributed by atoms with Crippen molar-refractivity contribution >= 4 is 11.7 Å². The molecule has 2 fully saturated rings. The molecule has 0 saturated heterocycles. The maximum atomic E-state index is 12.9. The van der Waals surface area contributed by atoms with E-state index in [1.807, 2.05) is 17.9 Å². The molecule has 0 bridgehead atoms. The average Bonchev–Trinajstić information content (AvgIpc) is 3.21. The highest BCUT2D eigenvalue weighted by Gasteiger charge is 2.62. The monoisotopic (exact) mass is 302 g/mol. The van der Waals surface area contributed by atoms with Gasteiger partial charge < -0.3 is 9.84 Å². The summed E-state index contributed by atoms with van der Waals surface area (Å²) in [7, 11) is 0. The van der Waals surface area contributed by atoms with Crippen LogP contribution in [0.5, 0.6) is 5.75 Å². The molecule has 0 radical (unpaired) electrons. The first-order chi connectivity index (χ1) is 10.5. The first-order valence-electron chi connectivity index (χ1n) is 8.16. The van der Waals surface area contributed by atoms with E-state index in [0.29, 0.717) is 19.4 Å². The Morgan fingerprint density at radius 3 is 2.77 bits per heavy atom. The Morgan fingerprint density at radius 1 is 1.45 bits per heavy atom. The van der Waals surface area contributed by atoms with Gasteiger partial charge in [-0.25, -0.2) is 4.98 Å². The molecule has 3 aliphatic rings. The van der Waals surface area contributed by atoms with Crippen molar-refractivity contribution in [2.24, 2.45) is 0 Å². The number of amides is 1. The number of carbonyl (C=O) groups excluding carboxylic acids is 1. The van der Waals surface area contributed by atoms with E-state index < -0.39 is 5.60 Å². The second-order valence-electron chi connectivity index (χ2n) is 7.21. The lowest BCUT2D eigenvalue weighted by Crippen LogP contribution is -2.55. The molecule has 0 unspecified atom stereocenters. The minimum absolute atomic E-state index is 0.0798. The van der Waals surface area contributed by atoms with Crippen molar-refractivity contribution in [3.05, 3.63) is 17.8 Å². The van der Waals surface area contributed by atoms with Crippen molar-refractivity contribution in [2.45, 2.75) is 63.0 Å². The molecular weight excluding hydrogens is 280 g/mol. The molecule has 1 aliphatic heterocycles. The fourth-order valence-electron chi connectivity index (χ4n) is 3.81. The van der Waals surface area contributed by atoms with Crippen molar-refractivity contribution < 1.29 is 14.6 Å². The summed E-state index contributed by atoms with van der Waals surface area (Å²) in [5.74, 6) is 1.71. The molecule has 1 aromatic heterocycles. The number of hydrogen-bond acceptors (Lipinski definition) is 4. The number of carbonyl (C=O) groups is 1. The molecule has 5 nitrogen and oxygen atoms in total. The minimum Gasteiger partial charge on any atom is -0.492 e. The summed E-state index contributed by atoms with van der Waals surface area (Å²) in [6.45, 7) is 4.56. The SMILES string of the molecule is CCCOc1cnc2c(c1)C1(CC1)C(=O)N2C1CC(C)(O)C1. The lowest BCUT2D eigenvalue weighted by atomic mass is 9.76. The van der Waals surface area contributed by atoms with E-state index in [1.165, 1.54) is 0 Å². The number of fused-ring (bicyclic) bond motifs is 2. The van der Waals surface area contributed by atoms with Crippen LogP contribution in [0.4, 0.5) is 5.82 Å². The van der Waals surface area contributed by atoms with Gasteiger partial charge in [0.05, 0.1) is 23.8 Å². The van der Waals surface area contributed by atoms with Crippen LogP contribution in [0.1, 0.15) is 51.5 Å². The average molecular weight is 302 g/mol. The van der Waals surface area contributed by atoms with Gasteiger partial charge >= 0.3 is 0 Å². The van der Waals surface area contributed by atoms with Gasteiger partial charge in [-0.1, -0.05) is 6.92 Å². The topological polar surface area (TPSA) is 62.7 Å². The smallest absolute Gasteiger partial charge is 0.239 e. The van der Waals surface area contributed by atoms with Crippen LogP contribution in [-0.4, -0.2) is 34.2 Å². The van der Waals surface area contributed by atoms with Crippen molar-refractivity contribution in [1.29, 1.82) is 0 Å². The van der Waals surface area contributed by atoms with Gasteiger partial charge in [0.25, 0.3) is 0 Å². The summed E-state index contributed by atoms with van der Waals surface area (Å²) in [6, 6.07) is 2.08. The van der Waals surface area contributed by atoms with Gasteiger partial charge in [-0.05, 0) is 45.1 Å². The molecule has 22 heavy (non-hydrogen) atoms. The summed E-state index contributed by atoms with van der Waals surface area (Å²) in [5, 5.41) is 9.99. The molecule has 0 aromatic carbocycles. The van der Waals surface area contributed by atoms with E-state index in [1.54, 1.807) is 6.20 Å². The molecule has 5 heteroatoms. The van der Waals surface area contributed by atoms with Crippen LogP contribution in [0.15, 0.2) is 12.3 Å². The lowest BCUT2D eigenvalue weighted by Gasteiger charge is -2.45. The Morgan fingerprint density at radius 2 is 2.18 bits per heavy atom. The largest absolute Gasteiger partial charge is 0.492 e. The Hall–Kier alpha value is -1.62.